The molecule has 4 heterocycles. The largest absolute Gasteiger partial charge is 0.481 e. The van der Waals surface area contributed by atoms with Gasteiger partial charge in [0.25, 0.3) is 0 Å². The number of amides is 1. The van der Waals surface area contributed by atoms with E-state index in [9.17, 15) is 45.6 Å². The van der Waals surface area contributed by atoms with Crippen molar-refractivity contribution in [2.45, 2.75) is 192 Å². The zero-order chi connectivity index (χ0) is 55.6. The Morgan fingerprint density at radius 2 is 1.65 bits per heavy atom. The number of aliphatic hydroxyl groups is 7. The lowest BCUT2D eigenvalue weighted by atomic mass is 9.23. The van der Waals surface area contributed by atoms with E-state index >= 15 is 4.79 Å². The minimum atomic E-state index is -1.66. The predicted molar refractivity (Wildman–Crippen MR) is 285 cm³/mol. The molecule has 11 rings (SSSR count). The summed E-state index contributed by atoms with van der Waals surface area (Å²) >= 11 is 0. The number of allylic oxidation sites excluding steroid dienone is 2. The minimum absolute atomic E-state index is 0.0223. The van der Waals surface area contributed by atoms with Gasteiger partial charge in [-0.3, -0.25) is 9.59 Å². The minimum Gasteiger partial charge on any atom is -0.481 e. The SMILES string of the molecule is CNC[C@H](C[C@@H](c1cnc[nH]1)[C@@H]1NC(=O)C2(CCCC2)[C@@H]1C[C@H]1[C@@H](O)[C@@H](O[C@@H]2OC[C@@H](O)[C@H](O)[C@H]2O)[C@@](C)(CO)[C@H]2CC[C@]3(C)[C@]4(CC=C5[C@@H]6C[C@@](C)(CO)CC[C@]6(C(=O)O)C[C@H](Cc6cnc[nH]6)[C@]53CCC4)[C@]21C)[C@@H](N)O. The van der Waals surface area contributed by atoms with Crippen LogP contribution >= 0.6 is 0 Å². The Kier molecular flexibility index (Phi) is 14.7. The van der Waals surface area contributed by atoms with Crippen LogP contribution in [0.15, 0.2) is 36.7 Å². The number of nitrogens with one attached hydrogen (secondary N) is 4. The summed E-state index contributed by atoms with van der Waals surface area (Å²) in [6.07, 6.45) is 10.7. The highest BCUT2D eigenvalue weighted by Crippen LogP contribution is 2.86. The molecule has 19 nitrogen and oxygen atoms in total. The number of aromatic amines is 2. The monoisotopic (exact) mass is 1090 g/mol. The Labute approximate surface area is 458 Å². The molecule has 0 radical (unpaired) electrons. The van der Waals surface area contributed by atoms with Gasteiger partial charge in [-0.2, -0.15) is 0 Å². The van der Waals surface area contributed by atoms with Gasteiger partial charge in [-0.05, 0) is 148 Å². The molecule has 22 atom stereocenters. The highest BCUT2D eigenvalue weighted by molar-refractivity contribution is 5.86. The molecule has 2 bridgehead atoms. The van der Waals surface area contributed by atoms with Crippen molar-refractivity contribution in [3.63, 3.8) is 0 Å². The molecule has 2 aliphatic heterocycles. The van der Waals surface area contributed by atoms with E-state index in [0.29, 0.717) is 77.2 Å². The molecule has 8 fully saturated rings. The van der Waals surface area contributed by atoms with Gasteiger partial charge >= 0.3 is 5.97 Å². The number of carboxylic acid groups (broad SMARTS) is 1. The van der Waals surface area contributed by atoms with E-state index in [1.165, 1.54) is 5.57 Å². The normalized spacial score (nSPS) is 46.7. The summed E-state index contributed by atoms with van der Waals surface area (Å²) in [6.45, 7) is 8.64. The van der Waals surface area contributed by atoms with Crippen LogP contribution < -0.4 is 16.4 Å². The Balaban J connectivity index is 1.12. The van der Waals surface area contributed by atoms with E-state index in [4.69, 9.17) is 15.2 Å². The van der Waals surface area contributed by atoms with Crippen molar-refractivity contribution >= 4 is 11.9 Å². The lowest BCUT2D eigenvalue weighted by Gasteiger charge is -2.81. The lowest BCUT2D eigenvalue weighted by molar-refractivity contribution is -0.361. The van der Waals surface area contributed by atoms with Gasteiger partial charge < -0.3 is 76.7 Å². The molecule has 0 unspecified atom stereocenters. The zero-order valence-electron chi connectivity index (χ0n) is 46.6. The van der Waals surface area contributed by atoms with E-state index in [-0.39, 0.29) is 55.3 Å². The summed E-state index contributed by atoms with van der Waals surface area (Å²) in [7, 11) is 1.82. The first-order valence-corrected chi connectivity index (χ1v) is 29.6. The van der Waals surface area contributed by atoms with Crippen molar-refractivity contribution in [1.82, 2.24) is 30.6 Å². The average Bonchev–Trinajstić information content (AvgIpc) is 1.51. The quantitative estimate of drug-likeness (QED) is 0.0648. The molecule has 14 N–H and O–H groups in total. The van der Waals surface area contributed by atoms with Crippen LogP contribution in [0.1, 0.15) is 148 Å². The summed E-state index contributed by atoms with van der Waals surface area (Å²) in [4.78, 5) is 45.1. The van der Waals surface area contributed by atoms with Crippen molar-refractivity contribution in [2.24, 2.45) is 84.6 Å². The number of fused-ring (bicyclic) bond motifs is 3. The molecule has 19 heteroatoms. The third kappa shape index (κ3) is 7.88. The Morgan fingerprint density at radius 1 is 0.910 bits per heavy atom. The van der Waals surface area contributed by atoms with Crippen molar-refractivity contribution in [2.75, 3.05) is 33.4 Å². The Morgan fingerprint density at radius 3 is 2.31 bits per heavy atom. The number of aliphatic carboxylic acids is 1. The van der Waals surface area contributed by atoms with E-state index in [2.05, 4.69) is 57.4 Å². The molecule has 2 saturated heterocycles. The van der Waals surface area contributed by atoms with Crippen LogP contribution in [-0.4, -0.2) is 155 Å². The van der Waals surface area contributed by atoms with Gasteiger partial charge in [-0.1, -0.05) is 58.6 Å². The van der Waals surface area contributed by atoms with E-state index in [1.54, 1.807) is 18.9 Å². The molecule has 6 saturated carbocycles. The molecule has 2 spiro atoms. The molecule has 78 heavy (non-hydrogen) atoms. The van der Waals surface area contributed by atoms with Gasteiger partial charge in [0.05, 0.1) is 48.9 Å². The summed E-state index contributed by atoms with van der Waals surface area (Å²) in [5.74, 6) is -3.27. The van der Waals surface area contributed by atoms with E-state index < -0.39 is 110 Å². The summed E-state index contributed by atoms with van der Waals surface area (Å²) < 4.78 is 12.9. The van der Waals surface area contributed by atoms with Gasteiger partial charge in [0, 0.05) is 65.6 Å². The maximum atomic E-state index is 15.2. The number of ether oxygens (including phenoxy) is 2. The van der Waals surface area contributed by atoms with Gasteiger partial charge in [-0.15, -0.1) is 0 Å². The average molecular weight is 1090 g/mol. The second-order valence-corrected chi connectivity index (χ2v) is 27.8. The molecule has 2 aromatic heterocycles. The van der Waals surface area contributed by atoms with Crippen molar-refractivity contribution in [1.29, 1.82) is 0 Å². The van der Waals surface area contributed by atoms with Crippen LogP contribution in [0.3, 0.4) is 0 Å². The van der Waals surface area contributed by atoms with Crippen LogP contribution in [-0.2, 0) is 25.5 Å². The number of nitrogens with zero attached hydrogens (tertiary/aromatic N) is 2. The standard InChI is InChI=1S/C59H91N7O12/c1-52(28-67)17-18-57(51(75)76)22-33(20-34-25-62-30-64-34)59-14-8-13-58(16-9-36(59)39(57)23-52)54(59,3)15-10-42-53(2,29-68)47(78-49-46(72)45(71)41(69)27-77-49)44(70)38(55(42,58)4)21-37-43(66-50(74)56(37)11-6-7-12-56)35(40-26-63-31-65-40)19-32(24-61-5)48(60)73/h9,25-26,30-33,35,37-39,41-49,61,67-73H,6-8,10-24,27-29,60H2,1-5H3,(H,62,64)(H,63,65)(H,66,74)(H,75,76)/t32-,33-,35-,37+,38-,39-,41+,42+,43-,44+,45-,46+,47+,48-,49-,52-,53-,54+,55-,57-,58-,59+/m0/s1. The van der Waals surface area contributed by atoms with Crippen LogP contribution in [0.2, 0.25) is 0 Å². The molecule has 1 amide bonds. The number of hydrogen-bond acceptors (Lipinski definition) is 15. The molecule has 0 aromatic carbocycles. The number of carboxylic acids is 1. The highest BCUT2D eigenvalue weighted by atomic mass is 16.7. The topological polar surface area (TPSA) is 322 Å². The smallest absolute Gasteiger partial charge is 0.310 e. The number of carbonyl (C=O) groups excluding carboxylic acids is 1. The first-order chi connectivity index (χ1) is 37.1. The van der Waals surface area contributed by atoms with Crippen molar-refractivity contribution < 1.29 is 59.9 Å². The van der Waals surface area contributed by atoms with Crippen molar-refractivity contribution in [3.05, 3.63) is 48.1 Å². The Hall–Kier alpha value is -3.34. The second-order valence-electron chi connectivity index (χ2n) is 27.8. The van der Waals surface area contributed by atoms with Crippen LogP contribution in [0, 0.1) is 78.8 Å². The molecular formula is C59H91N7O12. The van der Waals surface area contributed by atoms with E-state index in [0.717, 1.165) is 49.9 Å². The number of H-pyrrole nitrogens is 2. The summed E-state index contributed by atoms with van der Waals surface area (Å²) in [5.41, 5.74) is 3.49. The molecule has 434 valence electrons. The third-order valence-electron chi connectivity index (χ3n) is 24.9. The molecular weight excluding hydrogens is 999 g/mol. The predicted octanol–water partition coefficient (Wildman–Crippen LogP) is 3.64. The van der Waals surface area contributed by atoms with Gasteiger partial charge in [0.1, 0.15) is 24.5 Å². The fourth-order valence-corrected chi connectivity index (χ4v) is 21.1. The lowest BCUT2D eigenvalue weighted by Crippen LogP contribution is -2.78. The Bertz CT molecular complexity index is 2530. The van der Waals surface area contributed by atoms with Crippen LogP contribution in [0.4, 0.5) is 0 Å². The van der Waals surface area contributed by atoms with Gasteiger partial charge in [0.2, 0.25) is 5.91 Å². The highest BCUT2D eigenvalue weighted by Gasteiger charge is 2.81. The van der Waals surface area contributed by atoms with Gasteiger partial charge in [-0.25, -0.2) is 9.97 Å². The van der Waals surface area contributed by atoms with Gasteiger partial charge in [0.15, 0.2) is 6.29 Å². The number of imidazole rings is 2. The third-order valence-corrected chi connectivity index (χ3v) is 24.9. The number of aliphatic hydroxyl groups excluding tert-OH is 7. The van der Waals surface area contributed by atoms with Crippen LogP contribution in [0.5, 0.6) is 0 Å². The maximum absolute atomic E-state index is 15.2. The second kappa shape index (κ2) is 20.2. The van der Waals surface area contributed by atoms with Crippen molar-refractivity contribution in [3.8, 4) is 0 Å². The number of rotatable bonds is 16. The number of aromatic nitrogens is 4. The fourth-order valence-electron chi connectivity index (χ4n) is 21.1. The fraction of sp³-hybridized carbons (Fsp3) is 0.831. The first kappa shape index (κ1) is 56.5. The zero-order valence-corrected chi connectivity index (χ0v) is 46.6. The molecule has 7 aliphatic carbocycles. The number of carbonyl (C=O) groups is 2. The molecule has 2 aromatic rings. The van der Waals surface area contributed by atoms with E-state index in [1.807, 2.05) is 20.2 Å². The van der Waals surface area contributed by atoms with Crippen LogP contribution in [0.25, 0.3) is 0 Å². The number of hydrogen-bond donors (Lipinski definition) is 13. The summed E-state index contributed by atoms with van der Waals surface area (Å²) in [5, 5.41) is 99.9. The maximum Gasteiger partial charge on any atom is 0.310 e. The molecule has 9 aliphatic rings. The summed E-state index contributed by atoms with van der Waals surface area (Å²) in [6, 6.07) is -0.481. The first-order valence-electron chi connectivity index (χ1n) is 29.6. The number of nitrogens with two attached hydrogens (primary N) is 1.